The normalized spacial score (nSPS) is 10.9. The molecule has 0 spiro atoms. The lowest BCUT2D eigenvalue weighted by molar-refractivity contribution is 0.303. The van der Waals surface area contributed by atoms with Crippen molar-refractivity contribution in [2.24, 2.45) is 5.73 Å². The molecule has 0 saturated heterocycles. The molecule has 0 saturated carbocycles. The molecule has 2 N–H and O–H groups in total. The van der Waals surface area contributed by atoms with Gasteiger partial charge < -0.3 is 10.5 Å². The van der Waals surface area contributed by atoms with E-state index in [1.807, 2.05) is 19.1 Å². The molecule has 0 atom stereocenters. The summed E-state index contributed by atoms with van der Waals surface area (Å²) in [5, 5.41) is 0.808. The summed E-state index contributed by atoms with van der Waals surface area (Å²) in [6.07, 6.45) is 2.00. The van der Waals surface area contributed by atoms with E-state index in [0.29, 0.717) is 5.92 Å². The molecular formula is C14H22ClNO. The monoisotopic (exact) mass is 255 g/mol. The Kier molecular flexibility index (Phi) is 5.79. The Morgan fingerprint density at radius 2 is 2.00 bits per heavy atom. The van der Waals surface area contributed by atoms with Gasteiger partial charge in [-0.2, -0.15) is 0 Å². The SMILES string of the molecule is Cc1cc(OCCCCN)c(C(C)C)cc1Cl. The number of rotatable bonds is 6. The fourth-order valence-electron chi connectivity index (χ4n) is 1.68. The summed E-state index contributed by atoms with van der Waals surface area (Å²) < 4.78 is 5.82. The van der Waals surface area contributed by atoms with Crippen molar-refractivity contribution in [3.8, 4) is 5.75 Å². The van der Waals surface area contributed by atoms with Crippen LogP contribution in [0.3, 0.4) is 0 Å². The van der Waals surface area contributed by atoms with E-state index in [1.54, 1.807) is 0 Å². The van der Waals surface area contributed by atoms with Gasteiger partial charge in [0.1, 0.15) is 5.75 Å². The van der Waals surface area contributed by atoms with Crippen LogP contribution in [0.5, 0.6) is 5.75 Å². The Hall–Kier alpha value is -0.730. The van der Waals surface area contributed by atoms with Crippen molar-refractivity contribution in [3.63, 3.8) is 0 Å². The summed E-state index contributed by atoms with van der Waals surface area (Å²) >= 11 is 6.14. The molecule has 3 heteroatoms. The highest BCUT2D eigenvalue weighted by atomic mass is 35.5. The maximum atomic E-state index is 6.14. The van der Waals surface area contributed by atoms with Crippen molar-refractivity contribution < 1.29 is 4.74 Å². The third-order valence-electron chi connectivity index (χ3n) is 2.77. The van der Waals surface area contributed by atoms with Crippen molar-refractivity contribution >= 4 is 11.6 Å². The van der Waals surface area contributed by atoms with Gasteiger partial charge >= 0.3 is 0 Å². The van der Waals surface area contributed by atoms with E-state index >= 15 is 0 Å². The summed E-state index contributed by atoms with van der Waals surface area (Å²) in [6, 6.07) is 4.04. The molecule has 0 aliphatic rings. The maximum Gasteiger partial charge on any atom is 0.123 e. The van der Waals surface area contributed by atoms with Gasteiger partial charge in [0.15, 0.2) is 0 Å². The molecule has 0 amide bonds. The first-order valence-corrected chi connectivity index (χ1v) is 6.57. The molecular weight excluding hydrogens is 234 g/mol. The van der Waals surface area contributed by atoms with Crippen molar-refractivity contribution in [2.75, 3.05) is 13.2 Å². The second-order valence-corrected chi connectivity index (χ2v) is 5.05. The molecule has 96 valence electrons. The van der Waals surface area contributed by atoms with E-state index in [0.717, 1.165) is 42.3 Å². The van der Waals surface area contributed by atoms with Crippen LogP contribution in [0, 0.1) is 6.92 Å². The van der Waals surface area contributed by atoms with Crippen LogP contribution < -0.4 is 10.5 Å². The molecule has 1 aromatic carbocycles. The molecule has 0 fully saturated rings. The first kappa shape index (κ1) is 14.3. The Morgan fingerprint density at radius 1 is 1.29 bits per heavy atom. The Morgan fingerprint density at radius 3 is 2.59 bits per heavy atom. The standard InChI is InChI=1S/C14H22ClNO/c1-10(2)12-9-13(15)11(3)8-14(12)17-7-5-4-6-16/h8-10H,4-7,16H2,1-3H3. The van der Waals surface area contributed by atoms with Gasteiger partial charge in [0, 0.05) is 5.02 Å². The Balaban J connectivity index is 2.78. The fraction of sp³-hybridized carbons (Fsp3) is 0.571. The van der Waals surface area contributed by atoms with Crippen molar-refractivity contribution in [1.82, 2.24) is 0 Å². The summed E-state index contributed by atoms with van der Waals surface area (Å²) in [5.41, 5.74) is 7.69. The van der Waals surface area contributed by atoms with E-state index in [1.165, 1.54) is 5.56 Å². The molecule has 1 aromatic rings. The minimum atomic E-state index is 0.414. The van der Waals surface area contributed by atoms with Gasteiger partial charge in [-0.1, -0.05) is 25.4 Å². The number of hydrogen-bond acceptors (Lipinski definition) is 2. The zero-order chi connectivity index (χ0) is 12.8. The lowest BCUT2D eigenvalue weighted by atomic mass is 10.0. The third-order valence-corrected chi connectivity index (χ3v) is 3.18. The average molecular weight is 256 g/mol. The molecule has 1 rings (SSSR count). The van der Waals surface area contributed by atoms with Gasteiger partial charge in [-0.15, -0.1) is 0 Å². The molecule has 0 aromatic heterocycles. The molecule has 0 aliphatic carbocycles. The number of ether oxygens (including phenoxy) is 1. The second kappa shape index (κ2) is 6.87. The zero-order valence-electron chi connectivity index (χ0n) is 10.9. The smallest absolute Gasteiger partial charge is 0.123 e. The van der Waals surface area contributed by atoms with Crippen LogP contribution >= 0.6 is 11.6 Å². The van der Waals surface area contributed by atoms with E-state index in [4.69, 9.17) is 22.1 Å². The van der Waals surface area contributed by atoms with Crippen LogP contribution in [0.25, 0.3) is 0 Å². The van der Waals surface area contributed by atoms with Gasteiger partial charge in [-0.05, 0) is 55.5 Å². The molecule has 0 aliphatic heterocycles. The largest absolute Gasteiger partial charge is 0.493 e. The molecule has 2 nitrogen and oxygen atoms in total. The first-order valence-electron chi connectivity index (χ1n) is 6.19. The number of benzene rings is 1. The molecule has 17 heavy (non-hydrogen) atoms. The Bertz CT molecular complexity index is 363. The van der Waals surface area contributed by atoms with Crippen LogP contribution in [0.4, 0.5) is 0 Å². The summed E-state index contributed by atoms with van der Waals surface area (Å²) in [6.45, 7) is 7.73. The summed E-state index contributed by atoms with van der Waals surface area (Å²) in [4.78, 5) is 0. The minimum Gasteiger partial charge on any atom is -0.493 e. The average Bonchev–Trinajstić information content (AvgIpc) is 2.28. The van der Waals surface area contributed by atoms with Crippen LogP contribution in [-0.2, 0) is 0 Å². The second-order valence-electron chi connectivity index (χ2n) is 4.64. The molecule has 0 heterocycles. The van der Waals surface area contributed by atoms with Gasteiger partial charge in [0.25, 0.3) is 0 Å². The number of hydrogen-bond donors (Lipinski definition) is 1. The van der Waals surface area contributed by atoms with Crippen LogP contribution in [0.2, 0.25) is 5.02 Å². The van der Waals surface area contributed by atoms with Crippen LogP contribution in [0.15, 0.2) is 12.1 Å². The number of halogens is 1. The molecule has 0 bridgehead atoms. The number of nitrogens with two attached hydrogens (primary N) is 1. The lowest BCUT2D eigenvalue weighted by Gasteiger charge is -2.15. The van der Waals surface area contributed by atoms with Crippen molar-refractivity contribution in [1.29, 1.82) is 0 Å². The van der Waals surface area contributed by atoms with E-state index in [-0.39, 0.29) is 0 Å². The number of aryl methyl sites for hydroxylation is 1. The zero-order valence-corrected chi connectivity index (χ0v) is 11.7. The van der Waals surface area contributed by atoms with Crippen LogP contribution in [-0.4, -0.2) is 13.2 Å². The van der Waals surface area contributed by atoms with E-state index in [2.05, 4.69) is 13.8 Å². The van der Waals surface area contributed by atoms with E-state index in [9.17, 15) is 0 Å². The van der Waals surface area contributed by atoms with Gasteiger partial charge in [0.05, 0.1) is 6.61 Å². The van der Waals surface area contributed by atoms with Gasteiger partial charge in [-0.3, -0.25) is 0 Å². The predicted octanol–water partition coefficient (Wildman–Crippen LogP) is 3.89. The van der Waals surface area contributed by atoms with Gasteiger partial charge in [-0.25, -0.2) is 0 Å². The minimum absolute atomic E-state index is 0.414. The van der Waals surface area contributed by atoms with Crippen LogP contribution in [0.1, 0.15) is 43.7 Å². The summed E-state index contributed by atoms with van der Waals surface area (Å²) in [5.74, 6) is 1.37. The maximum absolute atomic E-state index is 6.14. The predicted molar refractivity (Wildman–Crippen MR) is 74.1 cm³/mol. The number of unbranched alkanes of at least 4 members (excludes halogenated alkanes) is 1. The third kappa shape index (κ3) is 4.21. The highest BCUT2D eigenvalue weighted by molar-refractivity contribution is 6.31. The lowest BCUT2D eigenvalue weighted by Crippen LogP contribution is -2.05. The molecule has 0 radical (unpaired) electrons. The quantitative estimate of drug-likeness (QED) is 0.783. The van der Waals surface area contributed by atoms with E-state index < -0.39 is 0 Å². The van der Waals surface area contributed by atoms with Gasteiger partial charge in [0.2, 0.25) is 0 Å². The topological polar surface area (TPSA) is 35.2 Å². The first-order chi connectivity index (χ1) is 8.06. The molecule has 0 unspecified atom stereocenters. The van der Waals surface area contributed by atoms with Crippen molar-refractivity contribution in [2.45, 2.75) is 39.5 Å². The highest BCUT2D eigenvalue weighted by Crippen LogP contribution is 2.32. The summed E-state index contributed by atoms with van der Waals surface area (Å²) in [7, 11) is 0. The fourth-order valence-corrected chi connectivity index (χ4v) is 1.85. The van der Waals surface area contributed by atoms with Crippen molar-refractivity contribution in [3.05, 3.63) is 28.3 Å². The Labute approximate surface area is 109 Å². The highest BCUT2D eigenvalue weighted by Gasteiger charge is 2.10.